The third kappa shape index (κ3) is 3.99. The van der Waals surface area contributed by atoms with Gasteiger partial charge in [-0.3, -0.25) is 24.3 Å². The van der Waals surface area contributed by atoms with Crippen LogP contribution < -0.4 is 4.90 Å². The number of nitrogens with zero attached hydrogens (tertiary/aromatic N) is 6. The number of piperazine rings is 1. The van der Waals surface area contributed by atoms with Gasteiger partial charge < -0.3 is 9.80 Å². The Morgan fingerprint density at radius 1 is 1.24 bits per heavy atom. The summed E-state index contributed by atoms with van der Waals surface area (Å²) < 4.78 is 1.65. The van der Waals surface area contributed by atoms with Crippen molar-refractivity contribution in [1.29, 1.82) is 0 Å². The van der Waals surface area contributed by atoms with Crippen molar-refractivity contribution in [2.75, 3.05) is 31.6 Å². The highest BCUT2D eigenvalue weighted by Crippen LogP contribution is 2.39. The number of aromatic nitrogens is 4. The molecule has 2 aliphatic rings. The Labute approximate surface area is 203 Å². The summed E-state index contributed by atoms with van der Waals surface area (Å²) in [5, 5.41) is 12.3. The molecule has 3 aromatic rings. The van der Waals surface area contributed by atoms with E-state index in [-0.39, 0.29) is 17.9 Å². The Hall–Kier alpha value is -3.17. The topological polar surface area (TPSA) is 90.4 Å². The molecule has 4 heterocycles. The highest BCUT2D eigenvalue weighted by Gasteiger charge is 2.30. The fourth-order valence-electron chi connectivity index (χ4n) is 4.97. The lowest BCUT2D eigenvalue weighted by atomic mass is 9.96. The van der Waals surface area contributed by atoms with Gasteiger partial charge in [0.2, 0.25) is 5.91 Å². The van der Waals surface area contributed by atoms with Gasteiger partial charge in [0, 0.05) is 81.9 Å². The summed E-state index contributed by atoms with van der Waals surface area (Å²) in [5.74, 6) is 0.126. The lowest BCUT2D eigenvalue weighted by molar-refractivity contribution is -0.118. The van der Waals surface area contributed by atoms with E-state index >= 15 is 0 Å². The Morgan fingerprint density at radius 3 is 2.79 bits per heavy atom. The second-order valence-electron chi connectivity index (χ2n) is 9.12. The van der Waals surface area contributed by atoms with Crippen molar-refractivity contribution < 1.29 is 9.59 Å². The highest BCUT2D eigenvalue weighted by molar-refractivity contribution is 6.34. The molecule has 1 N–H and O–H groups in total. The van der Waals surface area contributed by atoms with Crippen LogP contribution in [0.4, 0.5) is 5.69 Å². The third-order valence-electron chi connectivity index (χ3n) is 6.84. The molecule has 9 nitrogen and oxygen atoms in total. The van der Waals surface area contributed by atoms with Gasteiger partial charge in [-0.1, -0.05) is 11.6 Å². The van der Waals surface area contributed by atoms with Crippen LogP contribution in [0, 0.1) is 0 Å². The average molecular weight is 482 g/mol. The van der Waals surface area contributed by atoms with Gasteiger partial charge >= 0.3 is 0 Å². The van der Waals surface area contributed by atoms with Crippen LogP contribution in [0.25, 0.3) is 11.3 Å². The van der Waals surface area contributed by atoms with Crippen molar-refractivity contribution in [2.45, 2.75) is 32.4 Å². The molecule has 5 rings (SSSR count). The first-order valence-electron chi connectivity index (χ1n) is 11.5. The monoisotopic (exact) mass is 481 g/mol. The zero-order chi connectivity index (χ0) is 24.0. The first kappa shape index (κ1) is 22.6. The van der Waals surface area contributed by atoms with E-state index in [1.54, 1.807) is 29.0 Å². The molecule has 0 spiro atoms. The average Bonchev–Trinajstić information content (AvgIpc) is 3.45. The van der Waals surface area contributed by atoms with E-state index in [1.165, 1.54) is 0 Å². The standard InChI is InChI=1S/C24H28ClN7O2/c1-15-12-31(8-9-32(15)24(34)17-11-27-29(2)13-17)14-16-10-26-28-23(16)19-4-6-20-18(22(19)25)5-7-21(33)30(20)3/h4,6,10-11,13,15H,5,7-9,12,14H2,1-3H3,(H,26,28). The molecule has 178 valence electrons. The predicted octanol–water partition coefficient (Wildman–Crippen LogP) is 2.72. The van der Waals surface area contributed by atoms with E-state index in [0.29, 0.717) is 36.5 Å². The lowest BCUT2D eigenvalue weighted by Crippen LogP contribution is -2.53. The zero-order valence-electron chi connectivity index (χ0n) is 19.6. The fourth-order valence-corrected chi connectivity index (χ4v) is 5.31. The van der Waals surface area contributed by atoms with E-state index < -0.39 is 0 Å². The third-order valence-corrected chi connectivity index (χ3v) is 7.27. The van der Waals surface area contributed by atoms with Crippen LogP contribution in [-0.4, -0.2) is 74.3 Å². The quantitative estimate of drug-likeness (QED) is 0.618. The number of halogens is 1. The summed E-state index contributed by atoms with van der Waals surface area (Å²) in [6.07, 6.45) is 6.39. The van der Waals surface area contributed by atoms with Crippen LogP contribution in [0.5, 0.6) is 0 Å². The van der Waals surface area contributed by atoms with E-state index in [4.69, 9.17) is 11.6 Å². The van der Waals surface area contributed by atoms with Crippen molar-refractivity contribution in [1.82, 2.24) is 29.8 Å². The number of carbonyl (C=O) groups excluding carboxylic acids is 2. The number of benzene rings is 1. The number of carbonyl (C=O) groups is 2. The minimum absolute atomic E-state index is 0.0218. The largest absolute Gasteiger partial charge is 0.333 e. The number of nitrogens with one attached hydrogen (secondary N) is 1. The van der Waals surface area contributed by atoms with Crippen LogP contribution in [-0.2, 0) is 24.8 Å². The number of amides is 2. The van der Waals surface area contributed by atoms with Gasteiger partial charge in [0.05, 0.1) is 22.5 Å². The predicted molar refractivity (Wildman–Crippen MR) is 130 cm³/mol. The number of anilines is 1. The van der Waals surface area contributed by atoms with Crippen molar-refractivity contribution in [3.8, 4) is 11.3 Å². The second kappa shape index (κ2) is 8.88. The number of aryl methyl sites for hydroxylation is 1. The van der Waals surface area contributed by atoms with Gasteiger partial charge in [0.1, 0.15) is 0 Å². The first-order chi connectivity index (χ1) is 16.3. The first-order valence-corrected chi connectivity index (χ1v) is 11.8. The molecule has 0 aliphatic carbocycles. The van der Waals surface area contributed by atoms with E-state index in [9.17, 15) is 9.59 Å². The number of fused-ring (bicyclic) bond motifs is 1. The number of H-pyrrole nitrogens is 1. The molecule has 10 heteroatoms. The Balaban J connectivity index is 1.32. The Morgan fingerprint density at radius 2 is 2.06 bits per heavy atom. The minimum atomic E-state index is 0.0218. The maximum atomic E-state index is 12.9. The van der Waals surface area contributed by atoms with Crippen LogP contribution in [0.1, 0.15) is 34.8 Å². The summed E-state index contributed by atoms with van der Waals surface area (Å²) in [7, 11) is 3.60. The molecule has 2 amide bonds. The minimum Gasteiger partial charge on any atom is -0.333 e. The lowest BCUT2D eigenvalue weighted by Gasteiger charge is -2.39. The van der Waals surface area contributed by atoms with Gasteiger partial charge in [0.25, 0.3) is 5.91 Å². The molecule has 1 aromatic carbocycles. The molecular formula is C24H28ClN7O2. The fraction of sp³-hybridized carbons (Fsp3) is 0.417. The molecular weight excluding hydrogens is 454 g/mol. The van der Waals surface area contributed by atoms with Gasteiger partial charge in [0.15, 0.2) is 0 Å². The molecule has 1 fully saturated rings. The Kier molecular flexibility index (Phi) is 5.91. The molecule has 34 heavy (non-hydrogen) atoms. The maximum Gasteiger partial charge on any atom is 0.257 e. The van der Waals surface area contributed by atoms with Crippen LogP contribution in [0.3, 0.4) is 0 Å². The summed E-state index contributed by atoms with van der Waals surface area (Å²) in [6, 6.07) is 3.98. The maximum absolute atomic E-state index is 12.9. The van der Waals surface area contributed by atoms with Gasteiger partial charge in [-0.25, -0.2) is 0 Å². The smallest absolute Gasteiger partial charge is 0.257 e. The van der Waals surface area contributed by atoms with Crippen molar-refractivity contribution in [2.24, 2.45) is 7.05 Å². The molecule has 0 bridgehead atoms. The van der Waals surface area contributed by atoms with Crippen LogP contribution in [0.2, 0.25) is 5.02 Å². The molecule has 1 saturated heterocycles. The summed E-state index contributed by atoms with van der Waals surface area (Å²) in [4.78, 5) is 30.9. The molecule has 2 aromatic heterocycles. The van der Waals surface area contributed by atoms with E-state index in [1.807, 2.05) is 30.3 Å². The van der Waals surface area contributed by atoms with Crippen molar-refractivity contribution in [3.63, 3.8) is 0 Å². The summed E-state index contributed by atoms with van der Waals surface area (Å²) >= 11 is 6.83. The Bertz CT molecular complexity index is 1250. The molecule has 0 saturated carbocycles. The van der Waals surface area contributed by atoms with Gasteiger partial charge in [-0.2, -0.15) is 10.2 Å². The number of aromatic amines is 1. The van der Waals surface area contributed by atoms with Crippen molar-refractivity contribution >= 4 is 29.1 Å². The molecule has 1 unspecified atom stereocenters. The zero-order valence-corrected chi connectivity index (χ0v) is 20.3. The number of rotatable bonds is 4. The molecule has 0 radical (unpaired) electrons. The van der Waals surface area contributed by atoms with Crippen LogP contribution in [0.15, 0.2) is 30.7 Å². The summed E-state index contributed by atoms with van der Waals surface area (Å²) in [5.41, 5.74) is 5.24. The summed E-state index contributed by atoms with van der Waals surface area (Å²) in [6.45, 7) is 4.97. The number of hydrogen-bond donors (Lipinski definition) is 1. The van der Waals surface area contributed by atoms with Crippen LogP contribution >= 0.6 is 11.6 Å². The molecule has 1 atom stereocenters. The highest BCUT2D eigenvalue weighted by atomic mass is 35.5. The number of hydrogen-bond acceptors (Lipinski definition) is 5. The van der Waals surface area contributed by atoms with E-state index in [0.717, 1.165) is 41.2 Å². The van der Waals surface area contributed by atoms with Gasteiger partial charge in [-0.05, 0) is 31.0 Å². The van der Waals surface area contributed by atoms with Crippen molar-refractivity contribution in [3.05, 3.63) is 52.4 Å². The second-order valence-corrected chi connectivity index (χ2v) is 9.50. The van der Waals surface area contributed by atoms with E-state index in [2.05, 4.69) is 27.1 Å². The SMILES string of the molecule is CC1CN(Cc2c[nH]nc2-c2ccc3c(c2Cl)CCC(=O)N3C)CCN1C(=O)c1cnn(C)c1. The van der Waals surface area contributed by atoms with Gasteiger partial charge in [-0.15, -0.1) is 0 Å². The normalized spacial score (nSPS) is 18.9. The molecule has 2 aliphatic heterocycles.